The van der Waals surface area contributed by atoms with Crippen LogP contribution in [0.15, 0.2) is 45.9 Å². The molecule has 3 rings (SSSR count). The minimum absolute atomic E-state index is 0.0350. The summed E-state index contributed by atoms with van der Waals surface area (Å²) in [5, 5.41) is 0.377. The van der Waals surface area contributed by atoms with Gasteiger partial charge in [-0.3, -0.25) is 4.90 Å². The highest BCUT2D eigenvalue weighted by molar-refractivity contribution is 9.10. The van der Waals surface area contributed by atoms with E-state index in [0.29, 0.717) is 46.5 Å². The highest BCUT2D eigenvalue weighted by Gasteiger charge is 2.30. The molecule has 1 aromatic carbocycles. The third-order valence-electron chi connectivity index (χ3n) is 4.30. The van der Waals surface area contributed by atoms with Gasteiger partial charge in [0.05, 0.1) is 15.4 Å². The van der Waals surface area contributed by atoms with Crippen molar-refractivity contribution >= 4 is 37.6 Å². The summed E-state index contributed by atoms with van der Waals surface area (Å²) in [6, 6.07) is 8.50. The zero-order valence-corrected chi connectivity index (χ0v) is 18.8. The third-order valence-corrected chi connectivity index (χ3v) is 7.31. The van der Waals surface area contributed by atoms with E-state index in [1.807, 2.05) is 26.8 Å². The maximum Gasteiger partial charge on any atom is 0.243 e. The lowest BCUT2D eigenvalue weighted by atomic mass is 10.2. The molecule has 1 saturated heterocycles. The van der Waals surface area contributed by atoms with Crippen LogP contribution in [0.3, 0.4) is 0 Å². The predicted molar refractivity (Wildman–Crippen MR) is 111 cm³/mol. The number of benzene rings is 1. The van der Waals surface area contributed by atoms with Crippen LogP contribution in [0.2, 0.25) is 5.15 Å². The standard InChI is InChI=1S/C16H18BrClN4O2S.C2H6/c1-12(16-19-11-14(17)15(18)20-16)21-7-9-22(10-8-21)25(23,24)13-5-3-2-4-6-13;1-2/h2-6,11-12H,7-10H2,1H3;1-2H3. The van der Waals surface area contributed by atoms with Gasteiger partial charge in [-0.2, -0.15) is 4.31 Å². The van der Waals surface area contributed by atoms with Crippen molar-refractivity contribution in [3.8, 4) is 0 Å². The van der Waals surface area contributed by atoms with E-state index in [1.165, 1.54) is 4.31 Å². The van der Waals surface area contributed by atoms with Crippen molar-refractivity contribution in [3.05, 3.63) is 52.0 Å². The summed E-state index contributed by atoms with van der Waals surface area (Å²) in [6.07, 6.45) is 1.64. The second-order valence-corrected chi connectivity index (χ2v) is 8.95. The lowest BCUT2D eigenvalue weighted by molar-refractivity contribution is 0.141. The van der Waals surface area contributed by atoms with Crippen molar-refractivity contribution < 1.29 is 8.42 Å². The Labute approximate surface area is 174 Å². The van der Waals surface area contributed by atoms with E-state index in [-0.39, 0.29) is 6.04 Å². The Balaban J connectivity index is 0.00000126. The second kappa shape index (κ2) is 9.93. The predicted octanol–water partition coefficient (Wildman–Crippen LogP) is 3.99. The summed E-state index contributed by atoms with van der Waals surface area (Å²) >= 11 is 9.33. The van der Waals surface area contributed by atoms with E-state index in [4.69, 9.17) is 11.6 Å². The molecule has 1 atom stereocenters. The van der Waals surface area contributed by atoms with Crippen LogP contribution >= 0.6 is 27.5 Å². The molecule has 1 aliphatic rings. The van der Waals surface area contributed by atoms with Gasteiger partial charge in [0.15, 0.2) is 0 Å². The molecule has 1 aromatic heterocycles. The first-order chi connectivity index (χ1) is 12.9. The lowest BCUT2D eigenvalue weighted by Gasteiger charge is -2.36. The summed E-state index contributed by atoms with van der Waals surface area (Å²) in [4.78, 5) is 11.1. The van der Waals surface area contributed by atoms with E-state index in [9.17, 15) is 8.42 Å². The Morgan fingerprint density at radius 3 is 2.26 bits per heavy atom. The number of aromatic nitrogens is 2. The molecular weight excluding hydrogens is 452 g/mol. The zero-order chi connectivity index (χ0) is 20.0. The normalized spacial score (nSPS) is 17.1. The summed E-state index contributed by atoms with van der Waals surface area (Å²) in [5.41, 5.74) is 0. The maximum atomic E-state index is 12.7. The highest BCUT2D eigenvalue weighted by Crippen LogP contribution is 2.25. The number of hydrogen-bond donors (Lipinski definition) is 0. The third kappa shape index (κ3) is 5.26. The second-order valence-electron chi connectivity index (χ2n) is 5.80. The molecule has 0 saturated carbocycles. The van der Waals surface area contributed by atoms with E-state index in [1.54, 1.807) is 30.5 Å². The van der Waals surface area contributed by atoms with Crippen LogP contribution in [-0.4, -0.2) is 53.8 Å². The largest absolute Gasteiger partial charge is 0.291 e. The van der Waals surface area contributed by atoms with E-state index >= 15 is 0 Å². The molecule has 0 N–H and O–H groups in total. The van der Waals surface area contributed by atoms with Crippen LogP contribution < -0.4 is 0 Å². The van der Waals surface area contributed by atoms with Crippen molar-refractivity contribution in [1.29, 1.82) is 0 Å². The first kappa shape index (κ1) is 22.2. The molecule has 2 aromatic rings. The van der Waals surface area contributed by atoms with Gasteiger partial charge in [-0.15, -0.1) is 0 Å². The summed E-state index contributed by atoms with van der Waals surface area (Å²) in [5.74, 6) is 0.632. The van der Waals surface area contributed by atoms with Crippen molar-refractivity contribution in [2.75, 3.05) is 26.2 Å². The average molecular weight is 476 g/mol. The minimum atomic E-state index is -3.44. The molecule has 27 heavy (non-hydrogen) atoms. The van der Waals surface area contributed by atoms with Crippen molar-refractivity contribution in [1.82, 2.24) is 19.2 Å². The summed E-state index contributed by atoms with van der Waals surface area (Å²) in [6.45, 7) is 8.10. The van der Waals surface area contributed by atoms with Crippen LogP contribution in [0.25, 0.3) is 0 Å². The van der Waals surface area contributed by atoms with Crippen LogP contribution in [0.1, 0.15) is 32.6 Å². The van der Waals surface area contributed by atoms with E-state index in [0.717, 1.165) is 0 Å². The topological polar surface area (TPSA) is 66.4 Å². The summed E-state index contributed by atoms with van der Waals surface area (Å²) in [7, 11) is -3.44. The molecule has 0 aliphatic carbocycles. The zero-order valence-electron chi connectivity index (χ0n) is 15.6. The van der Waals surface area contributed by atoms with Gasteiger partial charge in [-0.25, -0.2) is 18.4 Å². The number of hydrogen-bond acceptors (Lipinski definition) is 5. The molecule has 148 valence electrons. The number of halogens is 2. The quantitative estimate of drug-likeness (QED) is 0.626. The van der Waals surface area contributed by atoms with Gasteiger partial charge in [0.25, 0.3) is 0 Å². The van der Waals surface area contributed by atoms with Crippen LogP contribution in [-0.2, 0) is 10.0 Å². The average Bonchev–Trinajstić information content (AvgIpc) is 2.72. The number of piperazine rings is 1. The molecular formula is C18H24BrClN4O2S. The first-order valence-electron chi connectivity index (χ1n) is 8.87. The molecule has 0 bridgehead atoms. The number of sulfonamides is 1. The van der Waals surface area contributed by atoms with Gasteiger partial charge in [0.2, 0.25) is 10.0 Å². The Bertz CT molecular complexity index is 844. The molecule has 0 amide bonds. The molecule has 9 heteroatoms. The molecule has 0 radical (unpaired) electrons. The van der Waals surface area contributed by atoms with E-state index in [2.05, 4.69) is 30.8 Å². The SMILES string of the molecule is CC.CC(c1ncc(Br)c(Cl)n1)N1CCN(S(=O)(=O)c2ccccc2)CC1. The molecule has 1 fully saturated rings. The Hall–Kier alpha value is -1.06. The molecule has 6 nitrogen and oxygen atoms in total. The van der Waals surface area contributed by atoms with Gasteiger partial charge in [-0.1, -0.05) is 43.6 Å². The lowest BCUT2D eigenvalue weighted by Crippen LogP contribution is -2.49. The van der Waals surface area contributed by atoms with Gasteiger partial charge >= 0.3 is 0 Å². The highest BCUT2D eigenvalue weighted by atomic mass is 79.9. The fraction of sp³-hybridized carbons (Fsp3) is 0.444. The molecule has 1 aliphatic heterocycles. The number of nitrogens with zero attached hydrogens (tertiary/aromatic N) is 4. The van der Waals surface area contributed by atoms with E-state index < -0.39 is 10.0 Å². The van der Waals surface area contributed by atoms with Gasteiger partial charge < -0.3 is 0 Å². The first-order valence-corrected chi connectivity index (χ1v) is 11.5. The van der Waals surface area contributed by atoms with Gasteiger partial charge in [0, 0.05) is 32.4 Å². The van der Waals surface area contributed by atoms with Crippen LogP contribution in [0.4, 0.5) is 0 Å². The monoisotopic (exact) mass is 474 g/mol. The fourth-order valence-electron chi connectivity index (χ4n) is 2.80. The maximum absolute atomic E-state index is 12.7. The van der Waals surface area contributed by atoms with Crippen molar-refractivity contribution in [2.24, 2.45) is 0 Å². The Kier molecular flexibility index (Phi) is 8.18. The molecule has 1 unspecified atom stereocenters. The summed E-state index contributed by atoms with van der Waals surface area (Å²) < 4.78 is 27.5. The van der Waals surface area contributed by atoms with Crippen LogP contribution in [0, 0.1) is 0 Å². The Morgan fingerprint density at radius 2 is 1.70 bits per heavy atom. The fourth-order valence-corrected chi connectivity index (χ4v) is 4.57. The minimum Gasteiger partial charge on any atom is -0.291 e. The Morgan fingerprint density at radius 1 is 1.11 bits per heavy atom. The van der Waals surface area contributed by atoms with Crippen molar-refractivity contribution in [3.63, 3.8) is 0 Å². The number of rotatable bonds is 4. The van der Waals surface area contributed by atoms with Gasteiger partial charge in [-0.05, 0) is 35.0 Å². The van der Waals surface area contributed by atoms with Crippen LogP contribution in [0.5, 0.6) is 0 Å². The molecule has 0 spiro atoms. The van der Waals surface area contributed by atoms with Gasteiger partial charge in [0.1, 0.15) is 11.0 Å². The van der Waals surface area contributed by atoms with Crippen molar-refractivity contribution in [2.45, 2.75) is 31.7 Å². The molecule has 2 heterocycles. The smallest absolute Gasteiger partial charge is 0.243 e.